The molecule has 0 spiro atoms. The van der Waals surface area contributed by atoms with E-state index in [2.05, 4.69) is 0 Å². The first-order valence-corrected chi connectivity index (χ1v) is 9.88. The summed E-state index contributed by atoms with van der Waals surface area (Å²) in [7, 11) is 1.25. The van der Waals surface area contributed by atoms with Crippen LogP contribution in [-0.4, -0.2) is 81.2 Å². The number of carbonyl (C=O) groups is 4. The predicted octanol–water partition coefficient (Wildman–Crippen LogP) is -0.181. The van der Waals surface area contributed by atoms with Crippen molar-refractivity contribution in [1.29, 1.82) is 5.26 Å². The maximum absolute atomic E-state index is 12.6. The number of esters is 1. The molecule has 1 saturated heterocycles. The molecule has 0 radical (unpaired) electrons. The van der Waals surface area contributed by atoms with E-state index >= 15 is 0 Å². The molecule has 10 nitrogen and oxygen atoms in total. The van der Waals surface area contributed by atoms with Crippen molar-refractivity contribution in [3.8, 4) is 6.07 Å². The number of fused-ring (bicyclic) bond motifs is 1. The molecule has 0 bridgehead atoms. The molecule has 2 amide bonds. The van der Waals surface area contributed by atoms with Crippen LogP contribution in [0.1, 0.15) is 6.92 Å². The highest BCUT2D eigenvalue weighted by Crippen LogP contribution is 2.42. The summed E-state index contributed by atoms with van der Waals surface area (Å²) < 4.78 is 4.86. The number of thioether (sulfide) groups is 2. The lowest BCUT2D eigenvalue weighted by atomic mass is 10.0. The van der Waals surface area contributed by atoms with Crippen LogP contribution in [0.3, 0.4) is 0 Å². The molecule has 1 N–H and O–H groups in total. The second kappa shape index (κ2) is 9.12. The van der Waals surface area contributed by atoms with Gasteiger partial charge in [0.15, 0.2) is 6.04 Å². The second-order valence-electron chi connectivity index (χ2n) is 5.45. The van der Waals surface area contributed by atoms with Crippen LogP contribution in [0.25, 0.3) is 0 Å². The first kappa shape index (κ1) is 21.1. The van der Waals surface area contributed by atoms with E-state index in [0.717, 1.165) is 21.7 Å². The summed E-state index contributed by atoms with van der Waals surface area (Å²) in [5.74, 6) is -2.63. The summed E-state index contributed by atoms with van der Waals surface area (Å²) in [5, 5.41) is 18.4. The molecule has 2 rings (SSSR count). The highest BCUT2D eigenvalue weighted by molar-refractivity contribution is 8.00. The minimum absolute atomic E-state index is 0.0398. The maximum atomic E-state index is 12.6. The van der Waals surface area contributed by atoms with Crippen LogP contribution in [0, 0.1) is 11.3 Å². The van der Waals surface area contributed by atoms with Gasteiger partial charge in [-0.3, -0.25) is 24.1 Å². The van der Waals surface area contributed by atoms with Gasteiger partial charge in [0.2, 0.25) is 0 Å². The van der Waals surface area contributed by atoms with E-state index in [1.165, 1.54) is 25.8 Å². The fourth-order valence-electron chi connectivity index (χ4n) is 2.66. The number of β-lactam (4-membered cyclic amide) rings is 1. The topological polar surface area (TPSA) is 137 Å². The number of aliphatic carboxylic acids is 1. The van der Waals surface area contributed by atoms with Crippen molar-refractivity contribution in [2.75, 3.05) is 31.0 Å². The third kappa shape index (κ3) is 4.37. The SMILES string of the molecule is CON(C(=O)CSCC#N)C1C(=O)N2C(C(=O)O)=C(COC(C)=O)CS[C@H]12. The highest BCUT2D eigenvalue weighted by atomic mass is 32.2. The van der Waals surface area contributed by atoms with Crippen molar-refractivity contribution in [3.05, 3.63) is 11.3 Å². The van der Waals surface area contributed by atoms with Crippen LogP contribution in [-0.2, 0) is 28.8 Å². The average Bonchev–Trinajstić information content (AvgIpc) is 2.63. The molecule has 0 aromatic carbocycles. The Labute approximate surface area is 163 Å². The Morgan fingerprint density at radius 1 is 1.48 bits per heavy atom. The Kier molecular flexibility index (Phi) is 7.11. The van der Waals surface area contributed by atoms with Crippen LogP contribution >= 0.6 is 23.5 Å². The molecule has 2 atom stereocenters. The van der Waals surface area contributed by atoms with Crippen molar-refractivity contribution in [2.45, 2.75) is 18.3 Å². The van der Waals surface area contributed by atoms with Gasteiger partial charge < -0.3 is 9.84 Å². The zero-order chi connectivity index (χ0) is 20.1. The van der Waals surface area contributed by atoms with Gasteiger partial charge in [-0.15, -0.1) is 23.5 Å². The summed E-state index contributed by atoms with van der Waals surface area (Å²) in [4.78, 5) is 53.7. The number of hydrogen-bond acceptors (Lipinski definition) is 9. The lowest BCUT2D eigenvalue weighted by molar-refractivity contribution is -0.206. The third-order valence-electron chi connectivity index (χ3n) is 3.76. The van der Waals surface area contributed by atoms with Gasteiger partial charge in [0.05, 0.1) is 24.7 Å². The van der Waals surface area contributed by atoms with Gasteiger partial charge >= 0.3 is 11.9 Å². The normalized spacial score (nSPS) is 21.1. The van der Waals surface area contributed by atoms with Crippen LogP contribution in [0.5, 0.6) is 0 Å². The van der Waals surface area contributed by atoms with Gasteiger partial charge in [-0.1, -0.05) is 0 Å². The van der Waals surface area contributed by atoms with E-state index < -0.39 is 35.2 Å². The smallest absolute Gasteiger partial charge is 0.352 e. The number of amides is 2. The maximum Gasteiger partial charge on any atom is 0.352 e. The van der Waals surface area contributed by atoms with Gasteiger partial charge in [0.25, 0.3) is 11.8 Å². The lowest BCUT2D eigenvalue weighted by Gasteiger charge is -2.51. The van der Waals surface area contributed by atoms with Crippen LogP contribution < -0.4 is 0 Å². The van der Waals surface area contributed by atoms with Gasteiger partial charge in [-0.25, -0.2) is 9.86 Å². The quantitative estimate of drug-likeness (QED) is 0.246. The molecule has 2 heterocycles. The lowest BCUT2D eigenvalue weighted by Crippen LogP contribution is -2.71. The molecule has 0 aromatic rings. The summed E-state index contributed by atoms with van der Waals surface area (Å²) in [6, 6.07) is 0.941. The van der Waals surface area contributed by atoms with Crippen molar-refractivity contribution in [2.24, 2.45) is 0 Å². The van der Waals surface area contributed by atoms with Crippen molar-refractivity contribution >= 4 is 47.3 Å². The highest BCUT2D eigenvalue weighted by Gasteiger charge is 2.57. The van der Waals surface area contributed by atoms with Crippen LogP contribution in [0.2, 0.25) is 0 Å². The third-order valence-corrected chi connectivity index (χ3v) is 5.87. The fourth-order valence-corrected chi connectivity index (χ4v) is 4.52. The molecular weight excluding hydrogens is 398 g/mol. The summed E-state index contributed by atoms with van der Waals surface area (Å²) in [6.45, 7) is 0.986. The predicted molar refractivity (Wildman–Crippen MR) is 95.0 cm³/mol. The number of rotatable bonds is 8. The van der Waals surface area contributed by atoms with Gasteiger partial charge in [0.1, 0.15) is 17.7 Å². The summed E-state index contributed by atoms with van der Waals surface area (Å²) >= 11 is 2.34. The molecule has 27 heavy (non-hydrogen) atoms. The van der Waals surface area contributed by atoms with Gasteiger partial charge in [-0.05, 0) is 0 Å². The minimum atomic E-state index is -1.31. The van der Waals surface area contributed by atoms with Crippen molar-refractivity contribution in [1.82, 2.24) is 9.96 Å². The number of ether oxygens (including phenoxy) is 1. The Hall–Kier alpha value is -2.23. The van der Waals surface area contributed by atoms with E-state index in [1.54, 1.807) is 0 Å². The number of hydrogen-bond donors (Lipinski definition) is 1. The fraction of sp³-hybridized carbons (Fsp3) is 0.533. The molecule has 12 heteroatoms. The van der Waals surface area contributed by atoms with Gasteiger partial charge in [-0.2, -0.15) is 5.26 Å². The minimum Gasteiger partial charge on any atom is -0.477 e. The monoisotopic (exact) mass is 415 g/mol. The largest absolute Gasteiger partial charge is 0.477 e. The molecule has 146 valence electrons. The zero-order valence-electron chi connectivity index (χ0n) is 14.5. The first-order chi connectivity index (χ1) is 12.8. The number of nitriles is 1. The molecule has 1 fully saturated rings. The second-order valence-corrected chi connectivity index (χ2v) is 7.54. The average molecular weight is 415 g/mol. The zero-order valence-corrected chi connectivity index (χ0v) is 16.2. The Balaban J connectivity index is 2.18. The molecule has 0 aliphatic carbocycles. The van der Waals surface area contributed by atoms with E-state index in [4.69, 9.17) is 14.8 Å². The van der Waals surface area contributed by atoms with E-state index in [1.807, 2.05) is 6.07 Å². The van der Waals surface area contributed by atoms with E-state index in [-0.39, 0.29) is 29.6 Å². The van der Waals surface area contributed by atoms with Crippen molar-refractivity contribution < 1.29 is 33.9 Å². The number of carboxylic acid groups (broad SMARTS) is 1. The van der Waals surface area contributed by atoms with E-state index in [0.29, 0.717) is 5.57 Å². The molecule has 2 aliphatic heterocycles. The molecule has 2 aliphatic rings. The van der Waals surface area contributed by atoms with Gasteiger partial charge in [0, 0.05) is 18.2 Å². The van der Waals surface area contributed by atoms with Crippen molar-refractivity contribution in [3.63, 3.8) is 0 Å². The summed E-state index contributed by atoms with van der Waals surface area (Å²) in [6.07, 6.45) is 0. The Morgan fingerprint density at radius 3 is 2.74 bits per heavy atom. The number of nitrogens with zero attached hydrogens (tertiary/aromatic N) is 3. The molecule has 0 aromatic heterocycles. The number of hydroxylamine groups is 2. The molecule has 0 saturated carbocycles. The summed E-state index contributed by atoms with van der Waals surface area (Å²) in [5.41, 5.74) is 0.0780. The van der Waals surface area contributed by atoms with Crippen LogP contribution in [0.15, 0.2) is 11.3 Å². The Morgan fingerprint density at radius 2 is 2.19 bits per heavy atom. The Bertz CT molecular complexity index is 733. The number of carboxylic acids is 1. The standard InChI is InChI=1S/C15H17N3O7S2/c1-8(19)25-5-9-6-27-14-12(13(21)17(14)11(9)15(22)23)18(24-2)10(20)7-26-4-3-16/h12,14H,4-7H2,1-2H3,(H,22,23)/t12?,14-/m1/s1. The number of carbonyl (C=O) groups excluding carboxylic acids is 3. The van der Waals surface area contributed by atoms with E-state index in [9.17, 15) is 24.3 Å². The van der Waals surface area contributed by atoms with Crippen LogP contribution in [0.4, 0.5) is 0 Å². The molecule has 1 unspecified atom stereocenters. The first-order valence-electron chi connectivity index (χ1n) is 7.67. The molecular formula is C15H17N3O7S2.